The molecule has 0 spiro atoms. The minimum absolute atomic E-state index is 0.143. The minimum Gasteiger partial charge on any atom is -0.456 e. The van der Waals surface area contributed by atoms with Crippen molar-refractivity contribution in [3.05, 3.63) is 30.3 Å². The maximum atomic E-state index is 10.2. The molecule has 5 N–H and O–H groups in total. The Morgan fingerprint density at radius 1 is 1.25 bits per heavy atom. The summed E-state index contributed by atoms with van der Waals surface area (Å²) in [5.74, 6) is 0. The monoisotopic (exact) mass is 280 g/mol. The number of aliphatic hydroxyl groups excluding tert-OH is 3. The summed E-state index contributed by atoms with van der Waals surface area (Å²) < 4.78 is 5.43. The zero-order valence-corrected chi connectivity index (χ0v) is 10.5. The van der Waals surface area contributed by atoms with E-state index in [1.807, 2.05) is 30.3 Å². The van der Waals surface area contributed by atoms with E-state index < -0.39 is 36.6 Å². The van der Waals surface area contributed by atoms with E-state index in [0.717, 1.165) is 5.69 Å². The molecule has 1 aromatic rings. The maximum Gasteiger partial charge on any atom is 0.290 e. The fraction of sp³-hybridized carbons (Fsp3) is 0.462. The van der Waals surface area contributed by atoms with E-state index in [-0.39, 0.29) is 6.02 Å². The van der Waals surface area contributed by atoms with Gasteiger partial charge in [-0.1, -0.05) is 18.2 Å². The molecule has 0 bridgehead atoms. The van der Waals surface area contributed by atoms with E-state index in [4.69, 9.17) is 4.74 Å². The minimum atomic E-state index is -1.90. The highest BCUT2D eigenvalue weighted by atomic mass is 16.5. The number of aliphatic hydroxyl groups is 4. The Hall–Kier alpha value is -1.67. The van der Waals surface area contributed by atoms with Crippen LogP contribution >= 0.6 is 0 Å². The number of para-hydroxylation sites is 1. The molecule has 0 radical (unpaired) electrons. The van der Waals surface area contributed by atoms with Gasteiger partial charge in [0.15, 0.2) is 6.10 Å². The molecule has 1 fully saturated rings. The fourth-order valence-corrected chi connectivity index (χ4v) is 2.62. The summed E-state index contributed by atoms with van der Waals surface area (Å²) in [6, 6.07) is 8.38. The van der Waals surface area contributed by atoms with Crippen LogP contribution in [0.1, 0.15) is 0 Å². The first kappa shape index (κ1) is 13.3. The third-order valence-corrected chi connectivity index (χ3v) is 3.78. The molecule has 2 unspecified atom stereocenters. The molecule has 20 heavy (non-hydrogen) atoms. The quantitative estimate of drug-likeness (QED) is 0.459. The molecule has 3 rings (SSSR count). The van der Waals surface area contributed by atoms with E-state index in [9.17, 15) is 20.4 Å². The molecule has 1 aliphatic carbocycles. The third-order valence-electron chi connectivity index (χ3n) is 3.78. The predicted molar refractivity (Wildman–Crippen MR) is 70.2 cm³/mol. The Balaban J connectivity index is 1.82. The summed E-state index contributed by atoms with van der Waals surface area (Å²) in [6.07, 6.45) is -3.69. The Labute approximate surface area is 115 Å². The first-order valence-electron chi connectivity index (χ1n) is 6.32. The molecule has 0 aromatic heterocycles. The van der Waals surface area contributed by atoms with Crippen LogP contribution in [0.4, 0.5) is 5.69 Å². The lowest BCUT2D eigenvalue weighted by Crippen LogP contribution is -2.50. The van der Waals surface area contributed by atoms with Gasteiger partial charge in [-0.3, -0.25) is 0 Å². The van der Waals surface area contributed by atoms with Crippen molar-refractivity contribution in [3.8, 4) is 0 Å². The Morgan fingerprint density at radius 3 is 2.60 bits per heavy atom. The van der Waals surface area contributed by atoms with E-state index in [1.54, 1.807) is 0 Å². The highest BCUT2D eigenvalue weighted by Gasteiger charge is 2.63. The van der Waals surface area contributed by atoms with E-state index >= 15 is 0 Å². The van der Waals surface area contributed by atoms with Crippen LogP contribution in [-0.4, -0.2) is 63.0 Å². The molecule has 7 nitrogen and oxygen atoms in total. The van der Waals surface area contributed by atoms with Gasteiger partial charge in [0.25, 0.3) is 6.02 Å². The molecule has 1 aromatic carbocycles. The van der Waals surface area contributed by atoms with E-state index in [0.29, 0.717) is 0 Å². The molecular formula is C13H16N2O5. The molecule has 1 aliphatic heterocycles. The van der Waals surface area contributed by atoms with Crippen LogP contribution in [0.15, 0.2) is 35.3 Å². The average Bonchev–Trinajstić information content (AvgIpc) is 2.96. The van der Waals surface area contributed by atoms with Gasteiger partial charge in [0.05, 0.1) is 6.61 Å². The van der Waals surface area contributed by atoms with Crippen LogP contribution < -0.4 is 5.32 Å². The lowest BCUT2D eigenvalue weighted by Gasteiger charge is -2.27. The zero-order valence-electron chi connectivity index (χ0n) is 10.5. The average molecular weight is 280 g/mol. The summed E-state index contributed by atoms with van der Waals surface area (Å²) in [5, 5.41) is 42.0. The lowest BCUT2D eigenvalue weighted by molar-refractivity contribution is -0.117. The SMILES string of the molecule is OC[C@@]1(O)C2N=C(Nc3ccccc3)OC2[C@@H](O)[C@@H]1O. The van der Waals surface area contributed by atoms with Gasteiger partial charge in [0.1, 0.15) is 23.9 Å². The molecule has 1 heterocycles. The number of hydrogen-bond acceptors (Lipinski definition) is 7. The summed E-state index contributed by atoms with van der Waals surface area (Å²) in [4.78, 5) is 4.12. The lowest BCUT2D eigenvalue weighted by atomic mass is 9.97. The zero-order chi connectivity index (χ0) is 14.3. The van der Waals surface area contributed by atoms with Gasteiger partial charge >= 0.3 is 0 Å². The molecule has 0 amide bonds. The number of hydrogen-bond donors (Lipinski definition) is 5. The molecule has 7 heteroatoms. The number of rotatable bonds is 2. The number of amidine groups is 1. The van der Waals surface area contributed by atoms with Crippen molar-refractivity contribution in [3.63, 3.8) is 0 Å². The molecule has 108 valence electrons. The van der Waals surface area contributed by atoms with Crippen LogP contribution in [0.25, 0.3) is 0 Å². The van der Waals surface area contributed by atoms with E-state index in [2.05, 4.69) is 10.3 Å². The molecular weight excluding hydrogens is 264 g/mol. The standard InChI is InChI=1S/C13H16N2O5/c16-6-13(19)10-9(8(17)11(13)18)20-12(15-10)14-7-4-2-1-3-5-7/h1-5,8-11,16-19H,6H2,(H,14,15)/t8-,9?,10?,11+,13-/m1/s1. The summed E-state index contributed by atoms with van der Waals surface area (Å²) in [6.45, 7) is -0.710. The van der Waals surface area contributed by atoms with Crippen molar-refractivity contribution in [2.75, 3.05) is 11.9 Å². The van der Waals surface area contributed by atoms with Crippen molar-refractivity contribution in [1.82, 2.24) is 0 Å². The second-order valence-corrected chi connectivity index (χ2v) is 5.04. The van der Waals surface area contributed by atoms with Crippen LogP contribution in [0, 0.1) is 0 Å². The van der Waals surface area contributed by atoms with Crippen LogP contribution in [-0.2, 0) is 4.74 Å². The van der Waals surface area contributed by atoms with Gasteiger partial charge in [-0.25, -0.2) is 4.99 Å². The maximum absolute atomic E-state index is 10.2. The van der Waals surface area contributed by atoms with Gasteiger partial charge in [0.2, 0.25) is 0 Å². The second kappa shape index (κ2) is 4.71. The summed E-state index contributed by atoms with van der Waals surface area (Å²) >= 11 is 0. The van der Waals surface area contributed by atoms with E-state index in [1.165, 1.54) is 0 Å². The van der Waals surface area contributed by atoms with Gasteiger partial charge in [-0.05, 0) is 12.1 Å². The number of benzene rings is 1. The highest BCUT2D eigenvalue weighted by Crippen LogP contribution is 2.38. The largest absolute Gasteiger partial charge is 0.456 e. The number of nitrogens with one attached hydrogen (secondary N) is 1. The van der Waals surface area contributed by atoms with Crippen molar-refractivity contribution in [2.24, 2.45) is 4.99 Å². The third kappa shape index (κ3) is 1.87. The number of ether oxygens (including phenoxy) is 1. The molecule has 0 saturated heterocycles. The molecule has 1 saturated carbocycles. The number of nitrogens with zero attached hydrogens (tertiary/aromatic N) is 1. The van der Waals surface area contributed by atoms with Crippen molar-refractivity contribution in [1.29, 1.82) is 0 Å². The number of anilines is 1. The fourth-order valence-electron chi connectivity index (χ4n) is 2.62. The van der Waals surface area contributed by atoms with Crippen LogP contribution in [0.3, 0.4) is 0 Å². The summed E-state index contributed by atoms with van der Waals surface area (Å²) in [7, 11) is 0. The normalized spacial score (nSPS) is 39.1. The number of fused-ring (bicyclic) bond motifs is 1. The molecule has 5 atom stereocenters. The van der Waals surface area contributed by atoms with Gasteiger partial charge in [0, 0.05) is 5.69 Å². The van der Waals surface area contributed by atoms with Crippen LogP contribution in [0.5, 0.6) is 0 Å². The van der Waals surface area contributed by atoms with Gasteiger partial charge in [-0.2, -0.15) is 0 Å². The van der Waals surface area contributed by atoms with Gasteiger partial charge in [-0.15, -0.1) is 0 Å². The van der Waals surface area contributed by atoms with Crippen molar-refractivity contribution >= 4 is 11.7 Å². The smallest absolute Gasteiger partial charge is 0.290 e. The van der Waals surface area contributed by atoms with Gasteiger partial charge < -0.3 is 30.5 Å². The first-order chi connectivity index (χ1) is 9.56. The van der Waals surface area contributed by atoms with Crippen LogP contribution in [0.2, 0.25) is 0 Å². The Morgan fingerprint density at radius 2 is 1.95 bits per heavy atom. The molecule has 2 aliphatic rings. The van der Waals surface area contributed by atoms with Crippen molar-refractivity contribution < 1.29 is 25.2 Å². The first-order valence-corrected chi connectivity index (χ1v) is 6.32. The van der Waals surface area contributed by atoms with Crippen molar-refractivity contribution in [2.45, 2.75) is 30.0 Å². The second-order valence-electron chi connectivity index (χ2n) is 5.04. The Bertz CT molecular complexity index is 523. The number of aliphatic imine (C=N–C) groups is 1. The predicted octanol–water partition coefficient (Wildman–Crippen LogP) is -1.32. The summed E-state index contributed by atoms with van der Waals surface area (Å²) in [5.41, 5.74) is -1.15. The highest BCUT2D eigenvalue weighted by molar-refractivity contribution is 5.90. The Kier molecular flexibility index (Phi) is 3.14. The topological polar surface area (TPSA) is 115 Å².